The molecule has 0 atom stereocenters. The van der Waals surface area contributed by atoms with Crippen molar-refractivity contribution in [2.45, 2.75) is 20.4 Å². The Morgan fingerprint density at radius 2 is 1.95 bits per heavy atom. The second-order valence-electron chi connectivity index (χ2n) is 5.92. The number of hydrogen-bond acceptors (Lipinski definition) is 4. The summed E-state index contributed by atoms with van der Waals surface area (Å²) >= 11 is 0. The molecule has 1 saturated heterocycles. The lowest BCUT2D eigenvalue weighted by Gasteiger charge is -2.34. The lowest BCUT2D eigenvalue weighted by molar-refractivity contribution is 0.0608. The highest BCUT2D eigenvalue weighted by molar-refractivity contribution is 5.93. The number of carbonyl (C=O) groups excluding carboxylic acids is 1. The van der Waals surface area contributed by atoms with Gasteiger partial charge in [-0.3, -0.25) is 9.69 Å². The van der Waals surface area contributed by atoms with E-state index in [9.17, 15) is 4.79 Å². The number of aryl methyl sites for hydroxylation is 2. The molecule has 0 aliphatic carbocycles. The zero-order valence-corrected chi connectivity index (χ0v) is 13.4. The van der Waals surface area contributed by atoms with Crippen molar-refractivity contribution in [2.24, 2.45) is 7.05 Å². The van der Waals surface area contributed by atoms with Gasteiger partial charge in [-0.25, -0.2) is 0 Å². The smallest absolute Gasteiger partial charge is 0.270 e. The first-order valence-corrected chi connectivity index (χ1v) is 7.61. The Labute approximate surface area is 130 Å². The molecular formula is C16H22N4O2. The summed E-state index contributed by atoms with van der Waals surface area (Å²) in [6.07, 6.45) is 0. The molecule has 1 amide bonds. The minimum absolute atomic E-state index is 0.116. The molecule has 0 unspecified atom stereocenters. The average molecular weight is 302 g/mol. The van der Waals surface area contributed by atoms with Gasteiger partial charge in [0.1, 0.15) is 5.69 Å². The third-order valence-corrected chi connectivity index (χ3v) is 4.31. The van der Waals surface area contributed by atoms with E-state index in [1.54, 1.807) is 0 Å². The van der Waals surface area contributed by atoms with Crippen LogP contribution in [0.2, 0.25) is 0 Å². The van der Waals surface area contributed by atoms with Crippen LogP contribution >= 0.6 is 0 Å². The van der Waals surface area contributed by atoms with Gasteiger partial charge in [-0.2, -0.15) is 0 Å². The van der Waals surface area contributed by atoms with Crippen LogP contribution < -0.4 is 0 Å². The SMILES string of the molecule is Cc1cc(CN2CCN(C(=O)c3ccc(C)n3C)CC2)on1. The van der Waals surface area contributed by atoms with Crippen molar-refractivity contribution < 1.29 is 9.32 Å². The highest BCUT2D eigenvalue weighted by Gasteiger charge is 2.24. The summed E-state index contributed by atoms with van der Waals surface area (Å²) in [6, 6.07) is 5.85. The number of nitrogens with zero attached hydrogens (tertiary/aromatic N) is 4. The predicted octanol–water partition coefficient (Wildman–Crippen LogP) is 1.59. The minimum Gasteiger partial charge on any atom is -0.360 e. The van der Waals surface area contributed by atoms with E-state index < -0.39 is 0 Å². The van der Waals surface area contributed by atoms with Gasteiger partial charge in [0.05, 0.1) is 12.2 Å². The summed E-state index contributed by atoms with van der Waals surface area (Å²) in [7, 11) is 1.94. The number of carbonyl (C=O) groups is 1. The second kappa shape index (κ2) is 5.96. The fraction of sp³-hybridized carbons (Fsp3) is 0.500. The maximum absolute atomic E-state index is 12.6. The normalized spacial score (nSPS) is 16.2. The maximum Gasteiger partial charge on any atom is 0.270 e. The van der Waals surface area contributed by atoms with E-state index in [1.807, 2.05) is 48.6 Å². The Hall–Kier alpha value is -2.08. The average Bonchev–Trinajstić information content (AvgIpc) is 3.06. The summed E-state index contributed by atoms with van der Waals surface area (Å²) < 4.78 is 7.20. The van der Waals surface area contributed by atoms with Crippen LogP contribution in [0.3, 0.4) is 0 Å². The molecule has 118 valence electrons. The van der Waals surface area contributed by atoms with Crippen LogP contribution in [0.5, 0.6) is 0 Å². The maximum atomic E-state index is 12.6. The molecule has 0 saturated carbocycles. The first-order valence-electron chi connectivity index (χ1n) is 7.61. The van der Waals surface area contributed by atoms with Gasteiger partial charge < -0.3 is 14.0 Å². The van der Waals surface area contributed by atoms with E-state index in [2.05, 4.69) is 10.1 Å². The molecule has 0 aromatic carbocycles. The number of rotatable bonds is 3. The van der Waals surface area contributed by atoms with Crippen LogP contribution in [0, 0.1) is 13.8 Å². The zero-order valence-electron chi connectivity index (χ0n) is 13.4. The summed E-state index contributed by atoms with van der Waals surface area (Å²) in [5.41, 5.74) is 2.77. The Kier molecular flexibility index (Phi) is 4.02. The molecule has 1 aliphatic rings. The predicted molar refractivity (Wildman–Crippen MR) is 82.6 cm³/mol. The molecule has 1 fully saturated rings. The van der Waals surface area contributed by atoms with E-state index in [0.717, 1.165) is 55.6 Å². The van der Waals surface area contributed by atoms with Crippen LogP contribution in [0.4, 0.5) is 0 Å². The summed E-state index contributed by atoms with van der Waals surface area (Å²) in [5.74, 6) is 1.00. The quantitative estimate of drug-likeness (QED) is 0.864. The lowest BCUT2D eigenvalue weighted by atomic mass is 10.2. The molecule has 0 radical (unpaired) electrons. The monoisotopic (exact) mass is 302 g/mol. The molecule has 2 aromatic rings. The van der Waals surface area contributed by atoms with Gasteiger partial charge in [0.15, 0.2) is 5.76 Å². The zero-order chi connectivity index (χ0) is 15.7. The summed E-state index contributed by atoms with van der Waals surface area (Å²) in [4.78, 5) is 16.8. The number of aromatic nitrogens is 2. The van der Waals surface area contributed by atoms with Gasteiger partial charge in [-0.05, 0) is 26.0 Å². The second-order valence-corrected chi connectivity index (χ2v) is 5.92. The van der Waals surface area contributed by atoms with Gasteiger partial charge in [0.25, 0.3) is 5.91 Å². The number of piperazine rings is 1. The molecule has 0 bridgehead atoms. The molecule has 22 heavy (non-hydrogen) atoms. The van der Waals surface area contributed by atoms with E-state index in [0.29, 0.717) is 0 Å². The van der Waals surface area contributed by atoms with E-state index in [4.69, 9.17) is 4.52 Å². The molecule has 3 heterocycles. The molecule has 1 aliphatic heterocycles. The van der Waals surface area contributed by atoms with Gasteiger partial charge in [0, 0.05) is 45.0 Å². The number of amides is 1. The largest absolute Gasteiger partial charge is 0.360 e. The standard InChI is InChI=1S/C16H22N4O2/c1-12-10-14(22-17-12)11-19-6-8-20(9-7-19)16(21)15-5-4-13(2)18(15)3/h4-5,10H,6-9,11H2,1-3H3. The molecule has 2 aromatic heterocycles. The Balaban J connectivity index is 1.57. The molecule has 0 N–H and O–H groups in total. The third kappa shape index (κ3) is 2.92. The van der Waals surface area contributed by atoms with E-state index in [-0.39, 0.29) is 5.91 Å². The summed E-state index contributed by atoms with van der Waals surface area (Å²) in [5, 5.41) is 3.91. The molecule has 0 spiro atoms. The van der Waals surface area contributed by atoms with Crippen LogP contribution in [0.1, 0.15) is 27.6 Å². The topological polar surface area (TPSA) is 54.5 Å². The van der Waals surface area contributed by atoms with Crippen LogP contribution in [0.25, 0.3) is 0 Å². The van der Waals surface area contributed by atoms with Crippen molar-refractivity contribution in [3.05, 3.63) is 41.0 Å². The van der Waals surface area contributed by atoms with Crippen molar-refractivity contribution in [3.63, 3.8) is 0 Å². The Morgan fingerprint density at radius 3 is 2.50 bits per heavy atom. The first-order chi connectivity index (χ1) is 10.5. The fourth-order valence-corrected chi connectivity index (χ4v) is 2.81. The van der Waals surface area contributed by atoms with Crippen molar-refractivity contribution in [1.29, 1.82) is 0 Å². The first kappa shape index (κ1) is 14.8. The van der Waals surface area contributed by atoms with Crippen molar-refractivity contribution >= 4 is 5.91 Å². The Morgan fingerprint density at radius 1 is 1.23 bits per heavy atom. The van der Waals surface area contributed by atoms with Crippen LogP contribution in [-0.4, -0.2) is 51.6 Å². The molecule has 6 nitrogen and oxygen atoms in total. The highest BCUT2D eigenvalue weighted by atomic mass is 16.5. The lowest BCUT2D eigenvalue weighted by Crippen LogP contribution is -2.48. The third-order valence-electron chi connectivity index (χ3n) is 4.31. The van der Waals surface area contributed by atoms with Gasteiger partial charge >= 0.3 is 0 Å². The minimum atomic E-state index is 0.116. The van der Waals surface area contributed by atoms with Gasteiger partial charge in [-0.1, -0.05) is 5.16 Å². The van der Waals surface area contributed by atoms with Crippen LogP contribution in [-0.2, 0) is 13.6 Å². The van der Waals surface area contributed by atoms with Gasteiger partial charge in [-0.15, -0.1) is 0 Å². The van der Waals surface area contributed by atoms with Crippen LogP contribution in [0.15, 0.2) is 22.7 Å². The van der Waals surface area contributed by atoms with E-state index >= 15 is 0 Å². The fourth-order valence-electron chi connectivity index (χ4n) is 2.81. The Bertz CT molecular complexity index is 665. The molecular weight excluding hydrogens is 280 g/mol. The highest BCUT2D eigenvalue weighted by Crippen LogP contribution is 2.13. The molecule has 6 heteroatoms. The van der Waals surface area contributed by atoms with E-state index in [1.165, 1.54) is 0 Å². The number of hydrogen-bond donors (Lipinski definition) is 0. The van der Waals surface area contributed by atoms with Gasteiger partial charge in [0.2, 0.25) is 0 Å². The summed E-state index contributed by atoms with van der Waals surface area (Å²) in [6.45, 7) is 7.89. The van der Waals surface area contributed by atoms with Crippen molar-refractivity contribution in [2.75, 3.05) is 26.2 Å². The van der Waals surface area contributed by atoms with Crippen molar-refractivity contribution in [3.8, 4) is 0 Å². The molecule has 3 rings (SSSR count). The van der Waals surface area contributed by atoms with Crippen molar-refractivity contribution in [1.82, 2.24) is 19.5 Å².